The van der Waals surface area contributed by atoms with E-state index in [9.17, 15) is 14.7 Å². The third kappa shape index (κ3) is 4.43. The molecule has 0 bridgehead atoms. The molecule has 36 heavy (non-hydrogen) atoms. The largest absolute Gasteiger partial charge is 0.497 e. The molecule has 1 aromatic carbocycles. The predicted molar refractivity (Wildman–Crippen MR) is 140 cm³/mol. The number of ether oxygens (including phenoxy) is 1. The minimum atomic E-state index is -0.549. The molecule has 194 valence electrons. The molecule has 2 N–H and O–H groups in total. The number of likely N-dealkylation sites (tertiary alicyclic amines) is 1. The summed E-state index contributed by atoms with van der Waals surface area (Å²) in [5.74, 6) is 0.572. The first-order valence-corrected chi connectivity index (χ1v) is 14.0. The van der Waals surface area contributed by atoms with E-state index in [4.69, 9.17) is 9.72 Å². The molecule has 1 saturated heterocycles. The maximum absolute atomic E-state index is 13.1. The molecular formula is C28H37N3O4S. The van der Waals surface area contributed by atoms with Crippen LogP contribution in [0.2, 0.25) is 0 Å². The summed E-state index contributed by atoms with van der Waals surface area (Å²) in [5.41, 5.74) is 1.47. The summed E-state index contributed by atoms with van der Waals surface area (Å²) in [6.45, 7) is 8.12. The molecule has 3 aliphatic rings. The van der Waals surface area contributed by atoms with E-state index >= 15 is 0 Å². The fourth-order valence-corrected chi connectivity index (χ4v) is 8.18. The number of methoxy groups -OCH3 is 1. The molecular weight excluding hydrogens is 474 g/mol. The van der Waals surface area contributed by atoms with Crippen molar-refractivity contribution < 1.29 is 19.4 Å². The second kappa shape index (κ2) is 9.78. The van der Waals surface area contributed by atoms with Gasteiger partial charge in [-0.3, -0.25) is 14.9 Å². The number of carbonyl (C=O) groups is 2. The fraction of sp³-hybridized carbons (Fsp3) is 0.607. The van der Waals surface area contributed by atoms with Gasteiger partial charge in [-0.05, 0) is 73.6 Å². The number of nitrogens with one attached hydrogen (secondary N) is 1. The van der Waals surface area contributed by atoms with Gasteiger partial charge >= 0.3 is 0 Å². The van der Waals surface area contributed by atoms with Crippen molar-refractivity contribution in [3.8, 4) is 5.75 Å². The highest BCUT2D eigenvalue weighted by atomic mass is 32.1. The summed E-state index contributed by atoms with van der Waals surface area (Å²) in [4.78, 5) is 33.9. The number of nitrogens with zero attached hydrogens (tertiary/aromatic N) is 2. The lowest BCUT2D eigenvalue weighted by Gasteiger charge is -2.53. The minimum Gasteiger partial charge on any atom is -0.497 e. The maximum Gasteiger partial charge on any atom is 0.257 e. The number of carbonyl (C=O) groups excluding carboxylic acids is 2. The third-order valence-electron chi connectivity index (χ3n) is 8.94. The number of hydrogen-bond donors (Lipinski definition) is 2. The average molecular weight is 512 g/mol. The number of fused-ring (bicyclic) bond motifs is 2. The van der Waals surface area contributed by atoms with Gasteiger partial charge in [0.2, 0.25) is 5.91 Å². The Morgan fingerprint density at radius 2 is 1.94 bits per heavy atom. The molecule has 2 aromatic rings. The summed E-state index contributed by atoms with van der Waals surface area (Å²) in [5, 5.41) is 15.2. The Morgan fingerprint density at radius 1 is 1.25 bits per heavy atom. The van der Waals surface area contributed by atoms with Gasteiger partial charge in [-0.25, -0.2) is 4.98 Å². The SMILES string of the molecule is COc1ccc(C(=O)Nc2nc3c(s2)C[C@@]2(C)CC[C@H]([C@H](C)C(=O)N4CCCC4)[C@H](O)[C@H]2[C@@H]3C)cc1. The van der Waals surface area contributed by atoms with Gasteiger partial charge in [-0.2, -0.15) is 0 Å². The van der Waals surface area contributed by atoms with Crippen molar-refractivity contribution in [1.82, 2.24) is 9.88 Å². The zero-order valence-corrected chi connectivity index (χ0v) is 22.4. The van der Waals surface area contributed by atoms with Crippen molar-refractivity contribution in [2.24, 2.45) is 23.2 Å². The van der Waals surface area contributed by atoms with E-state index in [-0.39, 0.29) is 40.9 Å². The van der Waals surface area contributed by atoms with Gasteiger partial charge in [0.1, 0.15) is 5.75 Å². The van der Waals surface area contributed by atoms with Crippen LogP contribution in [0.5, 0.6) is 5.75 Å². The first-order valence-electron chi connectivity index (χ1n) is 13.1. The van der Waals surface area contributed by atoms with E-state index in [1.807, 2.05) is 11.8 Å². The standard InChI is InChI=1S/C28H37N3O4S/c1-16(26(34)31-13-5-6-14-31)20-11-12-28(3)15-21-23(17(2)22(28)24(20)32)29-27(36-21)30-25(33)18-7-9-19(35-4)10-8-18/h7-10,16-17,20,22,24,32H,5-6,11-15H2,1-4H3,(H,29,30,33)/t16-,17-,20+,22+,24-,28+/m0/s1. The molecule has 0 spiro atoms. The Labute approximate surface area is 217 Å². The van der Waals surface area contributed by atoms with Crippen LogP contribution in [0.4, 0.5) is 5.13 Å². The highest BCUT2D eigenvalue weighted by Crippen LogP contribution is 2.57. The molecule has 7 nitrogen and oxygen atoms in total. The number of aromatic nitrogens is 1. The summed E-state index contributed by atoms with van der Waals surface area (Å²) in [6.07, 6.45) is 4.28. The molecule has 2 amide bonds. The number of hydrogen-bond acceptors (Lipinski definition) is 6. The van der Waals surface area contributed by atoms with Gasteiger partial charge in [-0.15, -0.1) is 11.3 Å². The van der Waals surface area contributed by atoms with Crippen molar-refractivity contribution in [2.75, 3.05) is 25.5 Å². The van der Waals surface area contributed by atoms with Crippen LogP contribution < -0.4 is 10.1 Å². The van der Waals surface area contributed by atoms with Crippen molar-refractivity contribution in [3.05, 3.63) is 40.4 Å². The molecule has 0 radical (unpaired) electrons. The second-order valence-corrected chi connectivity index (χ2v) is 12.3. The molecule has 1 aliphatic heterocycles. The van der Waals surface area contributed by atoms with Crippen LogP contribution in [-0.2, 0) is 11.2 Å². The van der Waals surface area contributed by atoms with E-state index in [0.717, 1.165) is 50.9 Å². The molecule has 1 saturated carbocycles. The van der Waals surface area contributed by atoms with Crippen LogP contribution in [0.15, 0.2) is 24.3 Å². The molecule has 0 unspecified atom stereocenters. The summed E-state index contributed by atoms with van der Waals surface area (Å²) in [6, 6.07) is 7.01. The molecule has 1 aromatic heterocycles. The van der Waals surface area contributed by atoms with Crippen LogP contribution in [0, 0.1) is 23.2 Å². The topological polar surface area (TPSA) is 91.8 Å². The van der Waals surface area contributed by atoms with Crippen LogP contribution in [0.25, 0.3) is 0 Å². The maximum atomic E-state index is 13.1. The number of rotatable bonds is 5. The van der Waals surface area contributed by atoms with E-state index in [1.54, 1.807) is 42.7 Å². The number of anilines is 1. The number of aliphatic hydroxyl groups is 1. The van der Waals surface area contributed by atoms with Gasteiger partial charge in [0, 0.05) is 35.4 Å². The lowest BCUT2D eigenvalue weighted by Crippen LogP contribution is -2.53. The first kappa shape index (κ1) is 25.2. The first-order chi connectivity index (χ1) is 17.2. The minimum absolute atomic E-state index is 0.0322. The normalized spacial score (nSPS) is 30.3. The molecule has 2 fully saturated rings. The smallest absolute Gasteiger partial charge is 0.257 e. The lowest BCUT2D eigenvalue weighted by atomic mass is 9.53. The highest BCUT2D eigenvalue weighted by molar-refractivity contribution is 7.15. The van der Waals surface area contributed by atoms with Crippen molar-refractivity contribution in [3.63, 3.8) is 0 Å². The number of thiazole rings is 1. The zero-order chi connectivity index (χ0) is 25.6. The Balaban J connectivity index is 1.33. The van der Waals surface area contributed by atoms with Crippen molar-refractivity contribution >= 4 is 28.3 Å². The molecule has 8 heteroatoms. The van der Waals surface area contributed by atoms with Crippen molar-refractivity contribution in [2.45, 2.75) is 64.9 Å². The summed E-state index contributed by atoms with van der Waals surface area (Å²) < 4.78 is 5.18. The molecule has 6 atom stereocenters. The van der Waals surface area contributed by atoms with Gasteiger partial charge in [0.15, 0.2) is 5.13 Å². The number of benzene rings is 1. The van der Waals surface area contributed by atoms with Crippen LogP contribution >= 0.6 is 11.3 Å². The van der Waals surface area contributed by atoms with Crippen molar-refractivity contribution in [1.29, 1.82) is 0 Å². The second-order valence-electron chi connectivity index (χ2n) is 11.2. The van der Waals surface area contributed by atoms with E-state index in [1.165, 1.54) is 4.88 Å². The van der Waals surface area contributed by atoms with E-state index in [2.05, 4.69) is 19.2 Å². The Bertz CT molecular complexity index is 1130. The average Bonchev–Trinajstić information content (AvgIpc) is 3.53. The molecule has 2 aliphatic carbocycles. The van der Waals surface area contributed by atoms with E-state index in [0.29, 0.717) is 16.4 Å². The number of aliphatic hydroxyl groups excluding tert-OH is 1. The Kier molecular flexibility index (Phi) is 6.85. The van der Waals surface area contributed by atoms with Crippen LogP contribution in [0.3, 0.4) is 0 Å². The van der Waals surface area contributed by atoms with Gasteiger partial charge in [-0.1, -0.05) is 20.8 Å². The van der Waals surface area contributed by atoms with Gasteiger partial charge in [0.05, 0.1) is 18.9 Å². The molecule has 2 heterocycles. The van der Waals surface area contributed by atoms with Crippen LogP contribution in [-0.4, -0.2) is 53.1 Å². The van der Waals surface area contributed by atoms with Gasteiger partial charge in [0.25, 0.3) is 5.91 Å². The van der Waals surface area contributed by atoms with E-state index < -0.39 is 6.10 Å². The quantitative estimate of drug-likeness (QED) is 0.606. The predicted octanol–water partition coefficient (Wildman–Crippen LogP) is 4.72. The lowest BCUT2D eigenvalue weighted by molar-refractivity contribution is -0.143. The Hall–Kier alpha value is -2.45. The monoisotopic (exact) mass is 511 g/mol. The number of amides is 2. The molecule has 5 rings (SSSR count). The highest BCUT2D eigenvalue weighted by Gasteiger charge is 2.54. The van der Waals surface area contributed by atoms with Crippen LogP contribution in [0.1, 0.15) is 73.3 Å². The van der Waals surface area contributed by atoms with Gasteiger partial charge < -0.3 is 14.7 Å². The third-order valence-corrected chi connectivity index (χ3v) is 9.93. The zero-order valence-electron chi connectivity index (χ0n) is 21.6. The fourth-order valence-electron chi connectivity index (χ4n) is 6.92. The Morgan fingerprint density at radius 3 is 2.61 bits per heavy atom. The summed E-state index contributed by atoms with van der Waals surface area (Å²) in [7, 11) is 1.60. The summed E-state index contributed by atoms with van der Waals surface area (Å²) >= 11 is 1.54.